The summed E-state index contributed by atoms with van der Waals surface area (Å²) in [6, 6.07) is 7.74. The fourth-order valence-corrected chi connectivity index (χ4v) is 3.66. The molecule has 1 aromatic rings. The van der Waals surface area contributed by atoms with E-state index in [1.165, 1.54) is 43.2 Å². The van der Waals surface area contributed by atoms with Crippen molar-refractivity contribution in [2.24, 2.45) is 5.92 Å². The predicted octanol–water partition coefficient (Wildman–Crippen LogP) is 3.98. The van der Waals surface area contributed by atoms with Crippen LogP contribution in [0.25, 0.3) is 0 Å². The zero-order valence-electron chi connectivity index (χ0n) is 11.1. The maximum Gasteiger partial charge on any atom is 0.0408 e. The summed E-state index contributed by atoms with van der Waals surface area (Å²) < 4.78 is 0. The summed E-state index contributed by atoms with van der Waals surface area (Å²) in [6.45, 7) is 2.38. The molecule has 0 bridgehead atoms. The van der Waals surface area contributed by atoms with E-state index in [1.807, 2.05) is 6.07 Å². The number of rotatable bonds is 2. The number of fused-ring (bicyclic) bond motifs is 1. The first-order valence-electron chi connectivity index (χ1n) is 7.24. The molecule has 2 aliphatic rings. The Morgan fingerprint density at radius 3 is 2.50 bits per heavy atom. The Morgan fingerprint density at radius 1 is 1.00 bits per heavy atom. The first-order valence-corrected chi connectivity index (χ1v) is 7.62. The van der Waals surface area contributed by atoms with Crippen molar-refractivity contribution < 1.29 is 0 Å². The van der Waals surface area contributed by atoms with Crippen molar-refractivity contribution >= 4 is 11.6 Å². The molecule has 1 unspecified atom stereocenters. The molecule has 3 rings (SSSR count). The highest BCUT2D eigenvalue weighted by Gasteiger charge is 2.25. The molecule has 0 amide bonds. The Labute approximate surface area is 115 Å². The Morgan fingerprint density at radius 2 is 1.72 bits per heavy atom. The third kappa shape index (κ3) is 2.73. The molecule has 1 fully saturated rings. The smallest absolute Gasteiger partial charge is 0.0408 e. The fraction of sp³-hybridized carbons (Fsp3) is 0.625. The minimum absolute atomic E-state index is 0.636. The zero-order valence-corrected chi connectivity index (χ0v) is 11.8. The highest BCUT2D eigenvalue weighted by Crippen LogP contribution is 2.28. The van der Waals surface area contributed by atoms with Crippen LogP contribution in [0.3, 0.4) is 0 Å². The summed E-state index contributed by atoms with van der Waals surface area (Å²) in [6.07, 6.45) is 7.83. The van der Waals surface area contributed by atoms with Crippen molar-refractivity contribution in [2.45, 2.75) is 57.5 Å². The lowest BCUT2D eigenvalue weighted by atomic mass is 9.87. The Hall–Kier alpha value is -0.530. The molecular formula is C16H22ClN. The van der Waals surface area contributed by atoms with Crippen molar-refractivity contribution in [1.29, 1.82) is 0 Å². The molecule has 1 aromatic carbocycles. The molecule has 1 N–H and O–H groups in total. The van der Waals surface area contributed by atoms with Crippen LogP contribution in [-0.2, 0) is 12.8 Å². The summed E-state index contributed by atoms with van der Waals surface area (Å²) >= 11 is 6.06. The third-order valence-corrected chi connectivity index (χ3v) is 4.82. The second-order valence-electron chi connectivity index (χ2n) is 6.14. The van der Waals surface area contributed by atoms with Gasteiger partial charge in [-0.3, -0.25) is 0 Å². The first kappa shape index (κ1) is 12.5. The second kappa shape index (κ2) is 5.22. The molecule has 1 saturated carbocycles. The summed E-state index contributed by atoms with van der Waals surface area (Å²) in [5, 5.41) is 4.74. The Bertz CT molecular complexity index is 421. The van der Waals surface area contributed by atoms with E-state index in [9.17, 15) is 0 Å². The van der Waals surface area contributed by atoms with Gasteiger partial charge in [0, 0.05) is 17.1 Å². The molecule has 98 valence electrons. The van der Waals surface area contributed by atoms with Crippen molar-refractivity contribution in [3.63, 3.8) is 0 Å². The van der Waals surface area contributed by atoms with Gasteiger partial charge in [-0.25, -0.2) is 0 Å². The maximum atomic E-state index is 6.06. The van der Waals surface area contributed by atoms with Crippen molar-refractivity contribution in [2.75, 3.05) is 0 Å². The van der Waals surface area contributed by atoms with Crippen LogP contribution in [0.2, 0.25) is 5.02 Å². The van der Waals surface area contributed by atoms with Gasteiger partial charge in [0.15, 0.2) is 0 Å². The summed E-state index contributed by atoms with van der Waals surface area (Å²) in [4.78, 5) is 0. The zero-order chi connectivity index (χ0) is 12.5. The van der Waals surface area contributed by atoms with Gasteiger partial charge in [-0.05, 0) is 67.7 Å². The van der Waals surface area contributed by atoms with Crippen LogP contribution in [-0.4, -0.2) is 12.1 Å². The highest BCUT2D eigenvalue weighted by molar-refractivity contribution is 6.30. The quantitative estimate of drug-likeness (QED) is 0.851. The summed E-state index contributed by atoms with van der Waals surface area (Å²) in [5.74, 6) is 0.933. The summed E-state index contributed by atoms with van der Waals surface area (Å²) in [5.41, 5.74) is 2.94. The minimum Gasteiger partial charge on any atom is -0.311 e. The third-order valence-electron chi connectivity index (χ3n) is 4.59. The molecule has 0 saturated heterocycles. The fourth-order valence-electron chi connectivity index (χ4n) is 3.46. The van der Waals surface area contributed by atoms with Crippen LogP contribution in [0.5, 0.6) is 0 Å². The second-order valence-corrected chi connectivity index (χ2v) is 6.58. The van der Waals surface area contributed by atoms with Crippen LogP contribution >= 0.6 is 11.6 Å². The van der Waals surface area contributed by atoms with E-state index in [1.54, 1.807) is 0 Å². The monoisotopic (exact) mass is 263 g/mol. The topological polar surface area (TPSA) is 12.0 Å². The van der Waals surface area contributed by atoms with E-state index in [0.717, 1.165) is 23.4 Å². The van der Waals surface area contributed by atoms with E-state index >= 15 is 0 Å². The molecule has 0 heterocycles. The molecule has 2 aliphatic carbocycles. The average Bonchev–Trinajstić information content (AvgIpc) is 2.73. The molecule has 2 heteroatoms. The molecule has 1 atom stereocenters. The van der Waals surface area contributed by atoms with Crippen LogP contribution in [0.1, 0.15) is 43.7 Å². The minimum atomic E-state index is 0.636. The van der Waals surface area contributed by atoms with Gasteiger partial charge in [0.1, 0.15) is 0 Å². The van der Waals surface area contributed by atoms with Gasteiger partial charge >= 0.3 is 0 Å². The number of nitrogens with one attached hydrogen (secondary N) is 1. The molecule has 0 aliphatic heterocycles. The number of halogens is 1. The van der Waals surface area contributed by atoms with E-state index < -0.39 is 0 Å². The largest absolute Gasteiger partial charge is 0.311 e. The molecular weight excluding hydrogens is 242 g/mol. The normalized spacial score (nSPS) is 31.3. The molecule has 1 nitrogen and oxygen atoms in total. The van der Waals surface area contributed by atoms with Gasteiger partial charge in [-0.2, -0.15) is 0 Å². The predicted molar refractivity (Wildman–Crippen MR) is 77.2 cm³/mol. The van der Waals surface area contributed by atoms with Crippen LogP contribution in [0, 0.1) is 5.92 Å². The first-order chi connectivity index (χ1) is 8.70. The standard InChI is InChI=1S/C16H22ClN/c1-11-2-6-15(7-3-11)18-16-9-12-4-5-14(17)8-13(12)10-16/h4-5,8,11,15-16,18H,2-3,6-7,9-10H2,1H3. The lowest BCUT2D eigenvalue weighted by Crippen LogP contribution is -2.40. The molecule has 18 heavy (non-hydrogen) atoms. The van der Waals surface area contributed by atoms with E-state index in [-0.39, 0.29) is 0 Å². The Balaban J connectivity index is 1.58. The SMILES string of the molecule is CC1CCC(NC2Cc3ccc(Cl)cc3C2)CC1. The number of benzene rings is 1. The summed E-state index contributed by atoms with van der Waals surface area (Å²) in [7, 11) is 0. The van der Waals surface area contributed by atoms with Gasteiger partial charge in [0.25, 0.3) is 0 Å². The van der Waals surface area contributed by atoms with Crippen molar-refractivity contribution in [3.8, 4) is 0 Å². The lowest BCUT2D eigenvalue weighted by molar-refractivity contribution is 0.288. The number of hydrogen-bond acceptors (Lipinski definition) is 1. The lowest BCUT2D eigenvalue weighted by Gasteiger charge is -2.29. The van der Waals surface area contributed by atoms with Crippen molar-refractivity contribution in [3.05, 3.63) is 34.3 Å². The van der Waals surface area contributed by atoms with Crippen LogP contribution in [0.4, 0.5) is 0 Å². The van der Waals surface area contributed by atoms with Gasteiger partial charge < -0.3 is 5.32 Å². The number of hydrogen-bond donors (Lipinski definition) is 1. The Kier molecular flexibility index (Phi) is 3.63. The van der Waals surface area contributed by atoms with Crippen LogP contribution < -0.4 is 5.32 Å². The molecule has 0 aromatic heterocycles. The van der Waals surface area contributed by atoms with Crippen LogP contribution in [0.15, 0.2) is 18.2 Å². The molecule has 0 spiro atoms. The van der Waals surface area contributed by atoms with Gasteiger partial charge in [-0.15, -0.1) is 0 Å². The molecule has 0 radical (unpaired) electrons. The highest BCUT2D eigenvalue weighted by atomic mass is 35.5. The van der Waals surface area contributed by atoms with E-state index in [2.05, 4.69) is 24.4 Å². The average molecular weight is 264 g/mol. The van der Waals surface area contributed by atoms with Gasteiger partial charge in [0.2, 0.25) is 0 Å². The van der Waals surface area contributed by atoms with Crippen molar-refractivity contribution in [1.82, 2.24) is 5.32 Å². The van der Waals surface area contributed by atoms with E-state index in [4.69, 9.17) is 11.6 Å². The maximum absolute atomic E-state index is 6.06. The van der Waals surface area contributed by atoms with E-state index in [0.29, 0.717) is 6.04 Å². The van der Waals surface area contributed by atoms with Gasteiger partial charge in [0.05, 0.1) is 0 Å². The van der Waals surface area contributed by atoms with Gasteiger partial charge in [-0.1, -0.05) is 24.6 Å².